The van der Waals surface area contributed by atoms with Gasteiger partial charge in [0.25, 0.3) is 0 Å². The summed E-state index contributed by atoms with van der Waals surface area (Å²) in [6.45, 7) is 6.03. The normalized spacial score (nSPS) is 26.1. The van der Waals surface area contributed by atoms with Gasteiger partial charge < -0.3 is 14.2 Å². The molecule has 1 aromatic rings. The molecule has 0 radical (unpaired) electrons. The Bertz CT molecular complexity index is 665. The molecule has 1 aliphatic heterocycles. The smallest absolute Gasteiger partial charge is 0.204 e. The van der Waals surface area contributed by atoms with E-state index in [4.69, 9.17) is 14.2 Å². The maximum Gasteiger partial charge on any atom is 0.204 e. The molecular weight excluding hydrogens is 410 g/mol. The second-order valence-electron chi connectivity index (χ2n) is 9.79. The highest BCUT2D eigenvalue weighted by atomic mass is 19.2. The molecule has 2 atom stereocenters. The Morgan fingerprint density at radius 3 is 2.09 bits per heavy atom. The molecule has 3 nitrogen and oxygen atoms in total. The Hall–Kier alpha value is -1.36. The second kappa shape index (κ2) is 13.4. The zero-order valence-electron chi connectivity index (χ0n) is 20.1. The molecule has 32 heavy (non-hydrogen) atoms. The van der Waals surface area contributed by atoms with Crippen LogP contribution in [0.4, 0.5) is 8.78 Å². The predicted molar refractivity (Wildman–Crippen MR) is 124 cm³/mol. The van der Waals surface area contributed by atoms with Crippen LogP contribution in [0, 0.1) is 29.4 Å². The SMILES string of the molecule is CCCCCC1CCC(C2CCC(COc3ccc(OCCCC)c(F)c3F)CC2)OC1. The molecule has 1 saturated carbocycles. The number of ether oxygens (including phenoxy) is 3. The van der Waals surface area contributed by atoms with Gasteiger partial charge in [-0.1, -0.05) is 39.5 Å². The van der Waals surface area contributed by atoms with E-state index in [2.05, 4.69) is 6.92 Å². The molecule has 1 aliphatic carbocycles. The highest BCUT2D eigenvalue weighted by Gasteiger charge is 2.32. The van der Waals surface area contributed by atoms with Gasteiger partial charge in [0, 0.05) is 6.61 Å². The van der Waals surface area contributed by atoms with Gasteiger partial charge in [-0.3, -0.25) is 0 Å². The molecule has 0 N–H and O–H groups in total. The summed E-state index contributed by atoms with van der Waals surface area (Å²) < 4.78 is 45.9. The maximum absolute atomic E-state index is 14.4. The van der Waals surface area contributed by atoms with Crippen molar-refractivity contribution < 1.29 is 23.0 Å². The summed E-state index contributed by atoms with van der Waals surface area (Å²) in [6, 6.07) is 2.95. The van der Waals surface area contributed by atoms with Crippen LogP contribution in [0.25, 0.3) is 0 Å². The van der Waals surface area contributed by atoms with Crippen LogP contribution in [0.2, 0.25) is 0 Å². The molecule has 0 amide bonds. The zero-order valence-corrected chi connectivity index (χ0v) is 20.1. The Morgan fingerprint density at radius 2 is 1.47 bits per heavy atom. The van der Waals surface area contributed by atoms with Gasteiger partial charge in [0.15, 0.2) is 11.5 Å². The summed E-state index contributed by atoms with van der Waals surface area (Å²) in [7, 11) is 0. The number of hydrogen-bond donors (Lipinski definition) is 0. The molecular formula is C27H42F2O3. The van der Waals surface area contributed by atoms with Crippen molar-refractivity contribution in [1.29, 1.82) is 0 Å². The van der Waals surface area contributed by atoms with Gasteiger partial charge in [-0.25, -0.2) is 0 Å². The molecule has 0 bridgehead atoms. The van der Waals surface area contributed by atoms with Crippen molar-refractivity contribution in [3.63, 3.8) is 0 Å². The van der Waals surface area contributed by atoms with Crippen LogP contribution in [0.5, 0.6) is 11.5 Å². The van der Waals surface area contributed by atoms with Crippen LogP contribution in [-0.4, -0.2) is 25.9 Å². The first-order valence-electron chi connectivity index (χ1n) is 13.0. The third-order valence-corrected chi connectivity index (χ3v) is 7.28. The van der Waals surface area contributed by atoms with E-state index in [1.54, 1.807) is 0 Å². The minimum atomic E-state index is -0.954. The van der Waals surface area contributed by atoms with Crippen LogP contribution in [0.1, 0.15) is 90.9 Å². The molecule has 0 spiro atoms. The topological polar surface area (TPSA) is 27.7 Å². The van der Waals surface area contributed by atoms with Crippen molar-refractivity contribution in [2.24, 2.45) is 17.8 Å². The minimum absolute atomic E-state index is 0.0165. The lowest BCUT2D eigenvalue weighted by Gasteiger charge is -2.37. The van der Waals surface area contributed by atoms with Crippen LogP contribution in [0.3, 0.4) is 0 Å². The fourth-order valence-electron chi connectivity index (χ4n) is 5.11. The number of benzene rings is 1. The number of unbranched alkanes of at least 4 members (excludes halogenated alkanes) is 3. The van der Waals surface area contributed by atoms with E-state index in [1.807, 2.05) is 6.92 Å². The van der Waals surface area contributed by atoms with E-state index < -0.39 is 11.6 Å². The summed E-state index contributed by atoms with van der Waals surface area (Å²) in [5.41, 5.74) is 0. The minimum Gasteiger partial charge on any atom is -0.490 e. The summed E-state index contributed by atoms with van der Waals surface area (Å²) in [5.74, 6) is -0.181. The van der Waals surface area contributed by atoms with Gasteiger partial charge in [-0.15, -0.1) is 0 Å². The summed E-state index contributed by atoms with van der Waals surface area (Å²) in [5, 5.41) is 0. The fourth-order valence-corrected chi connectivity index (χ4v) is 5.11. The van der Waals surface area contributed by atoms with Crippen LogP contribution >= 0.6 is 0 Å². The second-order valence-corrected chi connectivity index (χ2v) is 9.79. The zero-order chi connectivity index (χ0) is 22.8. The van der Waals surface area contributed by atoms with Gasteiger partial charge >= 0.3 is 0 Å². The molecule has 2 aliphatic rings. The monoisotopic (exact) mass is 452 g/mol. The number of rotatable bonds is 12. The molecule has 1 heterocycles. The van der Waals surface area contributed by atoms with Crippen LogP contribution < -0.4 is 9.47 Å². The average molecular weight is 453 g/mol. The van der Waals surface area contributed by atoms with Gasteiger partial charge in [-0.05, 0) is 81.3 Å². The lowest BCUT2D eigenvalue weighted by Crippen LogP contribution is -2.34. The van der Waals surface area contributed by atoms with Crippen molar-refractivity contribution in [3.05, 3.63) is 23.8 Å². The molecule has 0 aromatic heterocycles. The quantitative estimate of drug-likeness (QED) is 0.304. The highest BCUT2D eigenvalue weighted by Crippen LogP contribution is 2.37. The third-order valence-electron chi connectivity index (χ3n) is 7.28. The third kappa shape index (κ3) is 7.33. The van der Waals surface area contributed by atoms with Gasteiger partial charge in [0.1, 0.15) is 0 Å². The van der Waals surface area contributed by atoms with E-state index in [-0.39, 0.29) is 11.5 Å². The summed E-state index contributed by atoms with van der Waals surface area (Å²) >= 11 is 0. The number of hydrogen-bond acceptors (Lipinski definition) is 3. The Labute approximate surface area is 193 Å². The van der Waals surface area contributed by atoms with Gasteiger partial charge in [-0.2, -0.15) is 8.78 Å². The molecule has 1 aromatic carbocycles. The average Bonchev–Trinajstić information content (AvgIpc) is 2.82. The van der Waals surface area contributed by atoms with Crippen molar-refractivity contribution in [2.45, 2.75) is 97.0 Å². The predicted octanol–water partition coefficient (Wildman–Crippen LogP) is 7.70. The highest BCUT2D eigenvalue weighted by molar-refractivity contribution is 5.35. The Morgan fingerprint density at radius 1 is 0.812 bits per heavy atom. The molecule has 1 saturated heterocycles. The maximum atomic E-state index is 14.4. The Kier molecular flexibility index (Phi) is 10.6. The van der Waals surface area contributed by atoms with E-state index in [0.717, 1.165) is 51.0 Å². The summed E-state index contributed by atoms with van der Waals surface area (Å²) in [4.78, 5) is 0. The molecule has 182 valence electrons. The van der Waals surface area contributed by atoms with Crippen LogP contribution in [-0.2, 0) is 4.74 Å². The first-order chi connectivity index (χ1) is 15.6. The fraction of sp³-hybridized carbons (Fsp3) is 0.778. The van der Waals surface area contributed by atoms with Crippen molar-refractivity contribution in [1.82, 2.24) is 0 Å². The lowest BCUT2D eigenvalue weighted by atomic mass is 9.77. The largest absolute Gasteiger partial charge is 0.490 e. The van der Waals surface area contributed by atoms with E-state index in [0.29, 0.717) is 31.2 Å². The van der Waals surface area contributed by atoms with Crippen molar-refractivity contribution in [2.75, 3.05) is 19.8 Å². The van der Waals surface area contributed by atoms with Gasteiger partial charge in [0.05, 0.1) is 19.3 Å². The van der Waals surface area contributed by atoms with Crippen molar-refractivity contribution >= 4 is 0 Å². The van der Waals surface area contributed by atoms with Gasteiger partial charge in [0.2, 0.25) is 11.6 Å². The molecule has 2 unspecified atom stereocenters. The molecule has 3 rings (SSSR count). The molecule has 5 heteroatoms. The summed E-state index contributed by atoms with van der Waals surface area (Å²) in [6.07, 6.45) is 14.3. The van der Waals surface area contributed by atoms with E-state index >= 15 is 0 Å². The van der Waals surface area contributed by atoms with E-state index in [9.17, 15) is 8.78 Å². The standard InChI is InChI=1S/C27H42F2O3/c1-3-5-7-8-20-11-14-23(31-18-20)22-12-9-21(10-13-22)19-32-25-16-15-24(26(28)27(25)29)30-17-6-4-2/h15-16,20-23H,3-14,17-19H2,1-2H3. The number of halogens is 2. The van der Waals surface area contributed by atoms with Crippen LogP contribution in [0.15, 0.2) is 12.1 Å². The lowest BCUT2D eigenvalue weighted by molar-refractivity contribution is -0.0607. The van der Waals surface area contributed by atoms with E-state index in [1.165, 1.54) is 50.7 Å². The Balaban J connectivity index is 1.37. The first-order valence-corrected chi connectivity index (χ1v) is 13.0. The van der Waals surface area contributed by atoms with Crippen molar-refractivity contribution in [3.8, 4) is 11.5 Å². The molecule has 2 fully saturated rings. The first kappa shape index (κ1) is 25.3.